The topological polar surface area (TPSA) is 48.5 Å². The van der Waals surface area contributed by atoms with E-state index in [0.717, 1.165) is 35.4 Å². The summed E-state index contributed by atoms with van der Waals surface area (Å²) in [6.07, 6.45) is 1.13. The van der Waals surface area contributed by atoms with Crippen molar-refractivity contribution in [3.05, 3.63) is 23.7 Å². The van der Waals surface area contributed by atoms with Gasteiger partial charge in [-0.3, -0.25) is 9.69 Å². The van der Waals surface area contributed by atoms with Gasteiger partial charge < -0.3 is 10.2 Å². The number of likely N-dealkylation sites (N-methyl/N-ethyl adjacent to an activating group) is 1. The maximum atomic E-state index is 12.1. The summed E-state index contributed by atoms with van der Waals surface area (Å²) in [5.41, 5.74) is 3.58. The smallest absolute Gasteiger partial charge is 0.238 e. The first-order chi connectivity index (χ1) is 10.1. The molecule has 1 atom stereocenters. The first-order valence-corrected chi connectivity index (χ1v) is 8.01. The number of benzene rings is 1. The molecule has 0 bridgehead atoms. The van der Waals surface area contributed by atoms with Crippen molar-refractivity contribution in [2.75, 3.05) is 39.0 Å². The Hall–Kier alpha value is -1.50. The largest absolute Gasteiger partial charge is 0.325 e. The van der Waals surface area contributed by atoms with Crippen molar-refractivity contribution >= 4 is 33.1 Å². The molecular weight excluding hydrogens is 284 g/mol. The van der Waals surface area contributed by atoms with E-state index >= 15 is 0 Å². The number of nitrogens with one attached hydrogen (secondary N) is 1. The number of hydrogen-bond donors (Lipinski definition) is 1. The second-order valence-electron chi connectivity index (χ2n) is 5.72. The van der Waals surface area contributed by atoms with Gasteiger partial charge in [-0.1, -0.05) is 0 Å². The third-order valence-electron chi connectivity index (χ3n) is 3.96. The van der Waals surface area contributed by atoms with Gasteiger partial charge in [0.15, 0.2) is 0 Å². The average Bonchev–Trinajstić information content (AvgIpc) is 3.06. The number of aromatic nitrogens is 1. The Labute approximate surface area is 128 Å². The standard InChI is InChI=1S/C15H20N4OS/c1-18(2)12-5-6-19(8-12)9-15(20)17-11-3-4-14-13(7-11)16-10-21-14/h3-4,7,10,12H,5-6,8-9H2,1-2H3,(H,17,20). The molecule has 1 aromatic carbocycles. The lowest BCUT2D eigenvalue weighted by atomic mass is 10.2. The zero-order chi connectivity index (χ0) is 14.8. The van der Waals surface area contributed by atoms with E-state index in [0.29, 0.717) is 12.6 Å². The minimum Gasteiger partial charge on any atom is -0.325 e. The van der Waals surface area contributed by atoms with Gasteiger partial charge in [-0.2, -0.15) is 0 Å². The van der Waals surface area contributed by atoms with Crippen LogP contribution in [0.25, 0.3) is 10.2 Å². The Balaban J connectivity index is 1.56. The van der Waals surface area contributed by atoms with Crippen LogP contribution in [-0.4, -0.2) is 60.5 Å². The Morgan fingerprint density at radius 2 is 2.38 bits per heavy atom. The predicted octanol–water partition coefficient (Wildman–Crippen LogP) is 1.87. The van der Waals surface area contributed by atoms with Crippen molar-refractivity contribution in [1.82, 2.24) is 14.8 Å². The quantitative estimate of drug-likeness (QED) is 0.937. The van der Waals surface area contributed by atoms with Gasteiger partial charge in [-0.15, -0.1) is 11.3 Å². The van der Waals surface area contributed by atoms with Crippen molar-refractivity contribution in [3.63, 3.8) is 0 Å². The summed E-state index contributed by atoms with van der Waals surface area (Å²) in [6.45, 7) is 2.41. The van der Waals surface area contributed by atoms with Crippen LogP contribution < -0.4 is 5.32 Å². The van der Waals surface area contributed by atoms with Crippen LogP contribution in [0.5, 0.6) is 0 Å². The molecule has 0 radical (unpaired) electrons. The lowest BCUT2D eigenvalue weighted by Gasteiger charge is -2.20. The van der Waals surface area contributed by atoms with Crippen LogP contribution in [0.4, 0.5) is 5.69 Å². The van der Waals surface area contributed by atoms with Crippen molar-refractivity contribution in [2.45, 2.75) is 12.5 Å². The van der Waals surface area contributed by atoms with Gasteiger partial charge in [0.2, 0.25) is 5.91 Å². The number of likely N-dealkylation sites (tertiary alicyclic amines) is 1. The van der Waals surface area contributed by atoms with E-state index in [2.05, 4.69) is 34.2 Å². The minimum atomic E-state index is 0.0454. The van der Waals surface area contributed by atoms with E-state index < -0.39 is 0 Å². The third-order valence-corrected chi connectivity index (χ3v) is 4.77. The van der Waals surface area contributed by atoms with Gasteiger partial charge in [0, 0.05) is 24.8 Å². The predicted molar refractivity (Wildman–Crippen MR) is 86.8 cm³/mol. The molecule has 0 spiro atoms. The summed E-state index contributed by atoms with van der Waals surface area (Å²) < 4.78 is 1.14. The second-order valence-corrected chi connectivity index (χ2v) is 6.61. The highest BCUT2D eigenvalue weighted by atomic mass is 32.1. The van der Waals surface area contributed by atoms with E-state index in [4.69, 9.17) is 0 Å². The molecule has 1 saturated heterocycles. The van der Waals surface area contributed by atoms with E-state index in [1.165, 1.54) is 0 Å². The molecule has 1 aromatic heterocycles. The minimum absolute atomic E-state index is 0.0454. The number of carbonyl (C=O) groups excluding carboxylic acids is 1. The maximum Gasteiger partial charge on any atom is 0.238 e. The highest BCUT2D eigenvalue weighted by Crippen LogP contribution is 2.21. The number of hydrogen-bond acceptors (Lipinski definition) is 5. The number of carbonyl (C=O) groups is 1. The summed E-state index contributed by atoms with van der Waals surface area (Å²) in [6, 6.07) is 6.42. The molecule has 6 heteroatoms. The molecule has 112 valence electrons. The maximum absolute atomic E-state index is 12.1. The van der Waals surface area contributed by atoms with E-state index in [9.17, 15) is 4.79 Å². The van der Waals surface area contributed by atoms with E-state index in [1.54, 1.807) is 11.3 Å². The SMILES string of the molecule is CN(C)C1CCN(CC(=O)Nc2ccc3scnc3c2)C1. The molecular formula is C15H20N4OS. The number of fused-ring (bicyclic) bond motifs is 1. The van der Waals surface area contributed by atoms with Crippen LogP contribution in [0.15, 0.2) is 23.7 Å². The molecule has 21 heavy (non-hydrogen) atoms. The summed E-state index contributed by atoms with van der Waals surface area (Å²) in [5, 5.41) is 2.97. The molecule has 3 rings (SSSR count). The van der Waals surface area contributed by atoms with Gasteiger partial charge >= 0.3 is 0 Å². The zero-order valence-corrected chi connectivity index (χ0v) is 13.2. The summed E-state index contributed by atoms with van der Waals surface area (Å²) in [7, 11) is 4.19. The molecule has 1 fully saturated rings. The molecule has 5 nitrogen and oxygen atoms in total. The molecule has 1 N–H and O–H groups in total. The number of thiazole rings is 1. The molecule has 2 aromatic rings. The fourth-order valence-electron chi connectivity index (χ4n) is 2.72. The third kappa shape index (κ3) is 3.40. The zero-order valence-electron chi connectivity index (χ0n) is 12.4. The van der Waals surface area contributed by atoms with Crippen LogP contribution in [0.1, 0.15) is 6.42 Å². The Morgan fingerprint density at radius 1 is 1.52 bits per heavy atom. The Bertz CT molecular complexity index is 639. The van der Waals surface area contributed by atoms with Crippen LogP contribution >= 0.6 is 11.3 Å². The molecule has 1 amide bonds. The van der Waals surface area contributed by atoms with Crippen LogP contribution in [0.2, 0.25) is 0 Å². The summed E-state index contributed by atoms with van der Waals surface area (Å²) in [4.78, 5) is 20.8. The summed E-state index contributed by atoms with van der Waals surface area (Å²) >= 11 is 1.61. The van der Waals surface area contributed by atoms with Crippen molar-refractivity contribution in [2.24, 2.45) is 0 Å². The van der Waals surface area contributed by atoms with Crippen LogP contribution in [-0.2, 0) is 4.79 Å². The highest BCUT2D eigenvalue weighted by molar-refractivity contribution is 7.16. The monoisotopic (exact) mass is 304 g/mol. The van der Waals surface area contributed by atoms with Gasteiger partial charge in [0.25, 0.3) is 0 Å². The van der Waals surface area contributed by atoms with Crippen molar-refractivity contribution in [3.8, 4) is 0 Å². The first-order valence-electron chi connectivity index (χ1n) is 7.14. The van der Waals surface area contributed by atoms with Crippen LogP contribution in [0, 0.1) is 0 Å². The molecule has 1 aliphatic heterocycles. The van der Waals surface area contributed by atoms with Crippen molar-refractivity contribution in [1.29, 1.82) is 0 Å². The summed E-state index contributed by atoms with van der Waals surface area (Å²) in [5.74, 6) is 0.0454. The van der Waals surface area contributed by atoms with Gasteiger partial charge in [0.05, 0.1) is 22.3 Å². The van der Waals surface area contributed by atoms with Gasteiger partial charge in [0.1, 0.15) is 0 Å². The lowest BCUT2D eigenvalue weighted by molar-refractivity contribution is -0.117. The van der Waals surface area contributed by atoms with Gasteiger partial charge in [-0.05, 0) is 38.7 Å². The number of nitrogens with zero attached hydrogens (tertiary/aromatic N) is 3. The number of rotatable bonds is 4. The fraction of sp³-hybridized carbons (Fsp3) is 0.467. The van der Waals surface area contributed by atoms with Gasteiger partial charge in [-0.25, -0.2) is 4.98 Å². The number of amides is 1. The molecule has 2 heterocycles. The van der Waals surface area contributed by atoms with E-state index in [1.807, 2.05) is 23.7 Å². The second kappa shape index (κ2) is 6.09. The molecule has 1 aliphatic rings. The lowest BCUT2D eigenvalue weighted by Crippen LogP contribution is -2.35. The first kappa shape index (κ1) is 14.4. The Morgan fingerprint density at radius 3 is 3.14 bits per heavy atom. The molecule has 1 unspecified atom stereocenters. The highest BCUT2D eigenvalue weighted by Gasteiger charge is 2.25. The molecule has 0 saturated carbocycles. The van der Waals surface area contributed by atoms with Crippen LogP contribution in [0.3, 0.4) is 0 Å². The normalized spacial score (nSPS) is 19.5. The average molecular weight is 304 g/mol. The van der Waals surface area contributed by atoms with E-state index in [-0.39, 0.29) is 5.91 Å². The number of anilines is 1. The Kier molecular flexibility index (Phi) is 4.19. The van der Waals surface area contributed by atoms with Crippen molar-refractivity contribution < 1.29 is 4.79 Å². The fourth-order valence-corrected chi connectivity index (χ4v) is 3.38. The molecule has 0 aliphatic carbocycles.